The van der Waals surface area contributed by atoms with Gasteiger partial charge in [0, 0.05) is 5.69 Å². The fourth-order valence-corrected chi connectivity index (χ4v) is 1.83. The normalized spacial score (nSPS) is 9.83. The minimum atomic E-state index is -0.625. The van der Waals surface area contributed by atoms with Crippen molar-refractivity contribution >= 4 is 17.7 Å². The molecule has 6 nitrogen and oxygen atoms in total. The minimum absolute atomic E-state index is 0.320. The average Bonchev–Trinajstić information content (AvgIpc) is 2.57. The standard InChI is InChI=1S/C17H17NO5/c1-3-22-14-10-6-13(7-11-14)18-17(20)23-15-8-4-12(5-9-15)16(19)21-2/h4-11H,3H2,1-2H3,(H,18,20). The van der Waals surface area contributed by atoms with Crippen LogP contribution in [0.5, 0.6) is 11.5 Å². The molecule has 1 N–H and O–H groups in total. The summed E-state index contributed by atoms with van der Waals surface area (Å²) in [4.78, 5) is 23.1. The lowest BCUT2D eigenvalue weighted by molar-refractivity contribution is 0.0600. The van der Waals surface area contributed by atoms with E-state index in [2.05, 4.69) is 10.1 Å². The van der Waals surface area contributed by atoms with Gasteiger partial charge in [0.25, 0.3) is 0 Å². The Morgan fingerprint density at radius 1 is 0.957 bits per heavy atom. The maximum Gasteiger partial charge on any atom is 0.417 e. The molecule has 0 spiro atoms. The van der Waals surface area contributed by atoms with Crippen molar-refractivity contribution in [1.82, 2.24) is 0 Å². The SMILES string of the molecule is CCOc1ccc(NC(=O)Oc2ccc(C(=O)OC)cc2)cc1. The fourth-order valence-electron chi connectivity index (χ4n) is 1.83. The van der Waals surface area contributed by atoms with Gasteiger partial charge in [-0.2, -0.15) is 0 Å². The molecule has 120 valence electrons. The predicted molar refractivity (Wildman–Crippen MR) is 85.0 cm³/mol. The third kappa shape index (κ3) is 4.74. The van der Waals surface area contributed by atoms with Crippen molar-refractivity contribution in [2.45, 2.75) is 6.92 Å². The number of hydrogen-bond acceptors (Lipinski definition) is 5. The van der Waals surface area contributed by atoms with Crippen molar-refractivity contribution in [2.75, 3.05) is 19.0 Å². The molecule has 2 aromatic carbocycles. The Morgan fingerprint density at radius 3 is 2.13 bits per heavy atom. The Morgan fingerprint density at radius 2 is 1.57 bits per heavy atom. The van der Waals surface area contributed by atoms with E-state index in [0.29, 0.717) is 23.6 Å². The largest absolute Gasteiger partial charge is 0.494 e. The van der Waals surface area contributed by atoms with Gasteiger partial charge in [0.05, 0.1) is 19.3 Å². The molecule has 0 unspecified atom stereocenters. The van der Waals surface area contributed by atoms with Crippen molar-refractivity contribution in [1.29, 1.82) is 0 Å². The van der Waals surface area contributed by atoms with E-state index in [4.69, 9.17) is 9.47 Å². The zero-order valence-electron chi connectivity index (χ0n) is 12.9. The molecule has 0 aliphatic heterocycles. The molecule has 23 heavy (non-hydrogen) atoms. The first-order valence-corrected chi connectivity index (χ1v) is 7.02. The lowest BCUT2D eigenvalue weighted by atomic mass is 10.2. The third-order valence-corrected chi connectivity index (χ3v) is 2.90. The van der Waals surface area contributed by atoms with E-state index in [-0.39, 0.29) is 0 Å². The summed E-state index contributed by atoms with van der Waals surface area (Å²) in [5.41, 5.74) is 0.969. The number of esters is 1. The Balaban J connectivity index is 1.92. The molecule has 0 radical (unpaired) electrons. The summed E-state index contributed by atoms with van der Waals surface area (Å²) < 4.78 is 15.0. The zero-order chi connectivity index (χ0) is 16.7. The van der Waals surface area contributed by atoms with E-state index in [1.807, 2.05) is 6.92 Å². The highest BCUT2D eigenvalue weighted by Crippen LogP contribution is 2.17. The number of hydrogen-bond donors (Lipinski definition) is 1. The number of carbonyl (C=O) groups excluding carboxylic acids is 2. The average molecular weight is 315 g/mol. The molecule has 2 rings (SSSR count). The number of ether oxygens (including phenoxy) is 3. The van der Waals surface area contributed by atoms with Crippen molar-refractivity contribution in [2.24, 2.45) is 0 Å². The van der Waals surface area contributed by atoms with Crippen LogP contribution in [0.3, 0.4) is 0 Å². The first kappa shape index (κ1) is 16.4. The number of benzene rings is 2. The summed E-state index contributed by atoms with van der Waals surface area (Å²) >= 11 is 0. The highest BCUT2D eigenvalue weighted by Gasteiger charge is 2.08. The van der Waals surface area contributed by atoms with Crippen LogP contribution < -0.4 is 14.8 Å². The summed E-state index contributed by atoms with van der Waals surface area (Å²) in [7, 11) is 1.30. The van der Waals surface area contributed by atoms with Gasteiger partial charge in [-0.3, -0.25) is 5.32 Å². The van der Waals surface area contributed by atoms with Gasteiger partial charge in [0.2, 0.25) is 0 Å². The van der Waals surface area contributed by atoms with Crippen LogP contribution >= 0.6 is 0 Å². The van der Waals surface area contributed by atoms with E-state index in [1.54, 1.807) is 24.3 Å². The van der Waals surface area contributed by atoms with E-state index in [1.165, 1.54) is 31.4 Å². The van der Waals surface area contributed by atoms with E-state index in [9.17, 15) is 9.59 Å². The number of amides is 1. The molecule has 0 saturated heterocycles. The van der Waals surface area contributed by atoms with E-state index in [0.717, 1.165) is 5.75 Å². The van der Waals surface area contributed by atoms with Crippen molar-refractivity contribution < 1.29 is 23.8 Å². The Bertz CT molecular complexity index is 664. The van der Waals surface area contributed by atoms with Gasteiger partial charge in [-0.15, -0.1) is 0 Å². The Kier molecular flexibility index (Phi) is 5.57. The molecule has 0 heterocycles. The molecule has 0 aliphatic carbocycles. The summed E-state index contributed by atoms with van der Waals surface area (Å²) in [5.74, 6) is 0.598. The molecule has 1 amide bonds. The smallest absolute Gasteiger partial charge is 0.417 e. The van der Waals surface area contributed by atoms with Gasteiger partial charge in [0.15, 0.2) is 0 Å². The highest BCUT2D eigenvalue weighted by atomic mass is 16.6. The molecule has 2 aromatic rings. The van der Waals surface area contributed by atoms with Crippen molar-refractivity contribution in [3.63, 3.8) is 0 Å². The molecule has 6 heteroatoms. The lowest BCUT2D eigenvalue weighted by Crippen LogP contribution is -2.16. The number of rotatable bonds is 5. The Hall–Kier alpha value is -3.02. The second-order valence-electron chi connectivity index (χ2n) is 4.49. The Labute approximate surface area is 134 Å². The van der Waals surface area contributed by atoms with Crippen molar-refractivity contribution in [3.8, 4) is 11.5 Å². The van der Waals surface area contributed by atoms with Gasteiger partial charge in [-0.05, 0) is 55.5 Å². The van der Waals surface area contributed by atoms with Crippen LogP contribution in [0.4, 0.5) is 10.5 Å². The topological polar surface area (TPSA) is 73.9 Å². The first-order chi connectivity index (χ1) is 11.1. The summed E-state index contributed by atoms with van der Waals surface area (Å²) in [5, 5.41) is 2.60. The van der Waals surface area contributed by atoms with E-state index >= 15 is 0 Å². The second-order valence-corrected chi connectivity index (χ2v) is 4.49. The van der Waals surface area contributed by atoms with Gasteiger partial charge in [-0.1, -0.05) is 0 Å². The molecule has 0 fully saturated rings. The van der Waals surface area contributed by atoms with Crippen LogP contribution in [-0.2, 0) is 4.74 Å². The molecule has 0 aromatic heterocycles. The molecule has 0 aliphatic rings. The molecular weight excluding hydrogens is 298 g/mol. The lowest BCUT2D eigenvalue weighted by Gasteiger charge is -2.08. The summed E-state index contributed by atoms with van der Waals surface area (Å²) in [6.45, 7) is 2.48. The van der Waals surface area contributed by atoms with Crippen LogP contribution in [0, 0.1) is 0 Å². The van der Waals surface area contributed by atoms with Crippen LogP contribution in [0.25, 0.3) is 0 Å². The van der Waals surface area contributed by atoms with Gasteiger partial charge >= 0.3 is 12.1 Å². The van der Waals surface area contributed by atoms with Gasteiger partial charge in [-0.25, -0.2) is 9.59 Å². The molecule has 0 bridgehead atoms. The van der Waals surface area contributed by atoms with E-state index < -0.39 is 12.1 Å². The molecule has 0 saturated carbocycles. The predicted octanol–water partition coefficient (Wildman–Crippen LogP) is 3.48. The van der Waals surface area contributed by atoms with Crippen molar-refractivity contribution in [3.05, 3.63) is 54.1 Å². The maximum atomic E-state index is 11.8. The van der Waals surface area contributed by atoms with Crippen LogP contribution in [-0.4, -0.2) is 25.8 Å². The van der Waals surface area contributed by atoms with Gasteiger partial charge < -0.3 is 14.2 Å². The first-order valence-electron chi connectivity index (χ1n) is 7.02. The second kappa shape index (κ2) is 7.84. The van der Waals surface area contributed by atoms with Crippen LogP contribution in [0.15, 0.2) is 48.5 Å². The number of nitrogens with one attached hydrogen (secondary N) is 1. The highest BCUT2D eigenvalue weighted by molar-refractivity contribution is 5.90. The number of carbonyl (C=O) groups is 2. The van der Waals surface area contributed by atoms with Crippen LogP contribution in [0.2, 0.25) is 0 Å². The monoisotopic (exact) mass is 315 g/mol. The van der Waals surface area contributed by atoms with Gasteiger partial charge in [0.1, 0.15) is 11.5 Å². The number of anilines is 1. The maximum absolute atomic E-state index is 11.8. The fraction of sp³-hybridized carbons (Fsp3) is 0.176. The number of methoxy groups -OCH3 is 1. The minimum Gasteiger partial charge on any atom is -0.494 e. The molecular formula is C17H17NO5. The third-order valence-electron chi connectivity index (χ3n) is 2.90. The summed E-state index contributed by atoms with van der Waals surface area (Å²) in [6, 6.07) is 13.0. The zero-order valence-corrected chi connectivity index (χ0v) is 12.9. The quantitative estimate of drug-likeness (QED) is 0.855. The van der Waals surface area contributed by atoms with Crippen LogP contribution in [0.1, 0.15) is 17.3 Å². The summed E-state index contributed by atoms with van der Waals surface area (Å²) in [6.07, 6.45) is -0.625. The molecule has 0 atom stereocenters.